The lowest BCUT2D eigenvalue weighted by Gasteiger charge is -2.10. The maximum atomic E-state index is 4.79. The van der Waals surface area contributed by atoms with Crippen LogP contribution in [0.5, 0.6) is 0 Å². The molecule has 0 amide bonds. The molecule has 0 aliphatic heterocycles. The van der Waals surface area contributed by atoms with Gasteiger partial charge >= 0.3 is 0 Å². The van der Waals surface area contributed by atoms with Gasteiger partial charge in [0.2, 0.25) is 0 Å². The first-order chi connectivity index (χ1) is 14.0. The Morgan fingerprint density at radius 1 is 1.07 bits per heavy atom. The van der Waals surface area contributed by atoms with Gasteiger partial charge in [0.1, 0.15) is 5.01 Å². The lowest BCUT2D eigenvalue weighted by Crippen LogP contribution is -2.36. The average molecular weight is 411 g/mol. The third-order valence-corrected chi connectivity index (χ3v) is 6.00. The summed E-state index contributed by atoms with van der Waals surface area (Å²) in [6, 6.07) is 10.4. The monoisotopic (exact) mass is 410 g/mol. The van der Waals surface area contributed by atoms with E-state index in [9.17, 15) is 0 Å². The van der Waals surface area contributed by atoms with Gasteiger partial charge in [-0.3, -0.25) is 4.68 Å². The molecule has 2 aromatic heterocycles. The number of aromatic nitrogens is 3. The number of benzene rings is 1. The molecule has 2 N–H and O–H groups in total. The van der Waals surface area contributed by atoms with Crippen molar-refractivity contribution >= 4 is 17.3 Å². The Bertz CT molecular complexity index is 951. The van der Waals surface area contributed by atoms with Crippen molar-refractivity contribution in [3.8, 4) is 0 Å². The van der Waals surface area contributed by atoms with Gasteiger partial charge in [0.15, 0.2) is 5.96 Å². The summed E-state index contributed by atoms with van der Waals surface area (Å²) in [5.74, 6) is 0.799. The third kappa shape index (κ3) is 5.44. The van der Waals surface area contributed by atoms with Crippen LogP contribution in [-0.2, 0) is 19.6 Å². The van der Waals surface area contributed by atoms with E-state index < -0.39 is 0 Å². The molecule has 0 radical (unpaired) electrons. The van der Waals surface area contributed by atoms with Crippen LogP contribution in [0.15, 0.2) is 35.3 Å². The fraction of sp³-hybridized carbons (Fsp3) is 0.409. The maximum absolute atomic E-state index is 4.79. The van der Waals surface area contributed by atoms with E-state index >= 15 is 0 Å². The van der Waals surface area contributed by atoms with E-state index in [1.807, 2.05) is 13.0 Å². The van der Waals surface area contributed by atoms with Crippen molar-refractivity contribution in [3.05, 3.63) is 68.4 Å². The molecule has 2 heterocycles. The molecule has 0 atom stereocenters. The van der Waals surface area contributed by atoms with E-state index in [1.54, 1.807) is 11.3 Å². The summed E-state index contributed by atoms with van der Waals surface area (Å²) in [4.78, 5) is 10.6. The Morgan fingerprint density at radius 2 is 1.83 bits per heavy atom. The molecule has 7 heteroatoms. The predicted octanol–water partition coefficient (Wildman–Crippen LogP) is 3.88. The second kappa shape index (κ2) is 9.69. The van der Waals surface area contributed by atoms with E-state index in [2.05, 4.69) is 72.3 Å². The summed E-state index contributed by atoms with van der Waals surface area (Å²) in [6.07, 6.45) is 0. The lowest BCUT2D eigenvalue weighted by molar-refractivity contribution is 0.658. The fourth-order valence-corrected chi connectivity index (χ4v) is 4.02. The number of thiazole rings is 1. The lowest BCUT2D eigenvalue weighted by atomic mass is 10.2. The van der Waals surface area contributed by atoms with Crippen LogP contribution in [0.2, 0.25) is 0 Å². The van der Waals surface area contributed by atoms with Crippen LogP contribution in [0.4, 0.5) is 0 Å². The van der Waals surface area contributed by atoms with Crippen molar-refractivity contribution < 1.29 is 0 Å². The van der Waals surface area contributed by atoms with E-state index in [-0.39, 0.29) is 0 Å². The highest BCUT2D eigenvalue weighted by Crippen LogP contribution is 2.17. The molecule has 1 aromatic carbocycles. The number of hydrogen-bond acceptors (Lipinski definition) is 4. The first kappa shape index (κ1) is 21.0. The number of aliphatic imine (C=N–C) groups is 1. The molecule has 0 bridgehead atoms. The van der Waals surface area contributed by atoms with Gasteiger partial charge in [0.25, 0.3) is 0 Å². The summed E-state index contributed by atoms with van der Waals surface area (Å²) in [7, 11) is 0. The van der Waals surface area contributed by atoms with E-state index in [1.165, 1.54) is 16.0 Å². The van der Waals surface area contributed by atoms with Gasteiger partial charge in [-0.15, -0.1) is 11.3 Å². The molecule has 0 fully saturated rings. The van der Waals surface area contributed by atoms with Crippen molar-refractivity contribution in [2.24, 2.45) is 4.99 Å². The summed E-state index contributed by atoms with van der Waals surface area (Å²) >= 11 is 1.73. The molecule has 0 spiro atoms. The van der Waals surface area contributed by atoms with Crippen LogP contribution >= 0.6 is 11.3 Å². The molecule has 154 valence electrons. The summed E-state index contributed by atoms with van der Waals surface area (Å²) < 4.78 is 2.07. The quantitative estimate of drug-likeness (QED) is 0.458. The zero-order valence-corrected chi connectivity index (χ0v) is 18.7. The second-order valence-corrected chi connectivity index (χ2v) is 8.38. The van der Waals surface area contributed by atoms with Gasteiger partial charge in [-0.1, -0.05) is 30.3 Å². The number of nitrogens with one attached hydrogen (secondary N) is 2. The largest absolute Gasteiger partial charge is 0.357 e. The summed E-state index contributed by atoms with van der Waals surface area (Å²) in [5.41, 5.74) is 5.73. The summed E-state index contributed by atoms with van der Waals surface area (Å²) in [5, 5.41) is 12.5. The fourth-order valence-electron chi connectivity index (χ4n) is 3.15. The Balaban J connectivity index is 1.69. The molecule has 29 heavy (non-hydrogen) atoms. The van der Waals surface area contributed by atoms with Crippen LogP contribution in [0.3, 0.4) is 0 Å². The highest BCUT2D eigenvalue weighted by Gasteiger charge is 2.12. The number of guanidine groups is 1. The van der Waals surface area contributed by atoms with Crippen LogP contribution in [-0.4, -0.2) is 27.3 Å². The SMILES string of the molecule is CCNC(=NCc1c(C)nn(Cc2ccccc2)c1C)NCc1nc(C)c(C)s1. The number of hydrogen-bond donors (Lipinski definition) is 2. The Kier molecular flexibility index (Phi) is 7.04. The summed E-state index contributed by atoms with van der Waals surface area (Å²) in [6.45, 7) is 13.3. The maximum Gasteiger partial charge on any atom is 0.191 e. The minimum atomic E-state index is 0.595. The first-order valence-corrected chi connectivity index (χ1v) is 10.8. The Labute approximate surface area is 177 Å². The topological polar surface area (TPSA) is 67.1 Å². The van der Waals surface area contributed by atoms with Gasteiger partial charge in [-0.25, -0.2) is 9.98 Å². The molecular formula is C22H30N6S. The van der Waals surface area contributed by atoms with Crippen molar-refractivity contribution in [1.29, 1.82) is 0 Å². The van der Waals surface area contributed by atoms with Crippen molar-refractivity contribution in [2.45, 2.75) is 54.3 Å². The van der Waals surface area contributed by atoms with E-state index in [0.29, 0.717) is 13.1 Å². The minimum absolute atomic E-state index is 0.595. The standard InChI is InChI=1S/C22H30N6S/c1-6-23-22(25-13-21-26-15(2)18(5)29-21)24-12-20-16(3)27-28(17(20)4)14-19-10-8-7-9-11-19/h7-11H,6,12-14H2,1-5H3,(H2,23,24,25). The van der Waals surface area contributed by atoms with Crippen LogP contribution in [0.1, 0.15) is 45.0 Å². The highest BCUT2D eigenvalue weighted by atomic mass is 32.1. The second-order valence-electron chi connectivity index (χ2n) is 7.09. The molecule has 0 saturated carbocycles. The van der Waals surface area contributed by atoms with Gasteiger partial charge in [-0.2, -0.15) is 5.10 Å². The van der Waals surface area contributed by atoms with Crippen LogP contribution in [0, 0.1) is 27.7 Å². The number of rotatable bonds is 7. The smallest absolute Gasteiger partial charge is 0.191 e. The van der Waals surface area contributed by atoms with E-state index in [4.69, 9.17) is 10.1 Å². The molecule has 0 saturated heterocycles. The minimum Gasteiger partial charge on any atom is -0.357 e. The normalized spacial score (nSPS) is 11.7. The molecule has 0 aliphatic carbocycles. The van der Waals surface area contributed by atoms with Crippen LogP contribution < -0.4 is 10.6 Å². The van der Waals surface area contributed by atoms with Crippen molar-refractivity contribution in [2.75, 3.05) is 6.54 Å². The Morgan fingerprint density at radius 3 is 2.48 bits per heavy atom. The average Bonchev–Trinajstić information content (AvgIpc) is 3.16. The number of nitrogens with zero attached hydrogens (tertiary/aromatic N) is 4. The Hall–Kier alpha value is -2.67. The van der Waals surface area contributed by atoms with E-state index in [0.717, 1.165) is 41.1 Å². The molecule has 3 aromatic rings. The predicted molar refractivity (Wildman–Crippen MR) is 120 cm³/mol. The molecule has 0 aliphatic rings. The molecule has 3 rings (SSSR count). The first-order valence-electron chi connectivity index (χ1n) is 9.99. The van der Waals surface area contributed by atoms with Crippen molar-refractivity contribution in [3.63, 3.8) is 0 Å². The van der Waals surface area contributed by atoms with Crippen molar-refractivity contribution in [1.82, 2.24) is 25.4 Å². The molecular weight excluding hydrogens is 380 g/mol. The third-order valence-electron chi connectivity index (χ3n) is 4.93. The molecule has 0 unspecified atom stereocenters. The number of aryl methyl sites for hydroxylation is 3. The highest BCUT2D eigenvalue weighted by molar-refractivity contribution is 7.11. The zero-order valence-electron chi connectivity index (χ0n) is 17.9. The van der Waals surface area contributed by atoms with Gasteiger partial charge in [-0.05, 0) is 40.2 Å². The van der Waals surface area contributed by atoms with Gasteiger partial charge in [0, 0.05) is 22.7 Å². The molecule has 6 nitrogen and oxygen atoms in total. The zero-order chi connectivity index (χ0) is 20.8. The van der Waals surface area contributed by atoms with Gasteiger partial charge < -0.3 is 10.6 Å². The van der Waals surface area contributed by atoms with Gasteiger partial charge in [0.05, 0.1) is 31.0 Å². The van der Waals surface area contributed by atoms with Crippen LogP contribution in [0.25, 0.3) is 0 Å².